The summed E-state index contributed by atoms with van der Waals surface area (Å²) in [5.74, 6) is 0.541. The first-order valence-corrected chi connectivity index (χ1v) is 8.65. The largest absolute Gasteiger partial charge is 0.472 e. The monoisotopic (exact) mass is 352 g/mol. The number of fused-ring (bicyclic) bond motifs is 1. The first-order chi connectivity index (χ1) is 12.2. The lowest BCUT2D eigenvalue weighted by atomic mass is 10.2. The van der Waals surface area contributed by atoms with Crippen molar-refractivity contribution in [3.8, 4) is 5.88 Å². The van der Waals surface area contributed by atoms with Crippen molar-refractivity contribution in [3.05, 3.63) is 71.2 Å². The van der Waals surface area contributed by atoms with Crippen molar-refractivity contribution in [3.63, 3.8) is 0 Å². The van der Waals surface area contributed by atoms with E-state index in [4.69, 9.17) is 16.3 Å². The third-order valence-electron chi connectivity index (χ3n) is 4.40. The van der Waals surface area contributed by atoms with Crippen LogP contribution in [0.25, 0.3) is 10.9 Å². The average molecular weight is 353 g/mol. The van der Waals surface area contributed by atoms with Crippen LogP contribution in [0.3, 0.4) is 0 Å². The highest BCUT2D eigenvalue weighted by molar-refractivity contribution is 6.33. The number of carbonyl (C=O) groups excluding carboxylic acids is 1. The van der Waals surface area contributed by atoms with Gasteiger partial charge in [-0.15, -0.1) is 0 Å². The minimum atomic E-state index is -0.0555. The van der Waals surface area contributed by atoms with Crippen molar-refractivity contribution in [2.45, 2.75) is 12.5 Å². The number of nitrogens with zero attached hydrogens (tertiary/aromatic N) is 2. The molecule has 1 aliphatic heterocycles. The highest BCUT2D eigenvalue weighted by atomic mass is 35.5. The summed E-state index contributed by atoms with van der Waals surface area (Å²) >= 11 is 6.13. The van der Waals surface area contributed by atoms with E-state index in [1.54, 1.807) is 17.0 Å². The van der Waals surface area contributed by atoms with Crippen LogP contribution >= 0.6 is 11.6 Å². The molecule has 1 aliphatic rings. The Morgan fingerprint density at radius 2 is 1.88 bits per heavy atom. The summed E-state index contributed by atoms with van der Waals surface area (Å²) in [6.45, 7) is 1.20. The minimum Gasteiger partial charge on any atom is -0.472 e. The molecule has 0 spiro atoms. The fourth-order valence-corrected chi connectivity index (χ4v) is 3.31. The number of hydrogen-bond acceptors (Lipinski definition) is 3. The molecule has 25 heavy (non-hydrogen) atoms. The van der Waals surface area contributed by atoms with Gasteiger partial charge in [0.2, 0.25) is 5.88 Å². The van der Waals surface area contributed by atoms with E-state index in [-0.39, 0.29) is 12.0 Å². The van der Waals surface area contributed by atoms with Gasteiger partial charge in [0, 0.05) is 24.4 Å². The molecule has 3 aromatic rings. The number of halogens is 1. The Balaban J connectivity index is 1.45. The number of ether oxygens (including phenoxy) is 1. The molecule has 0 unspecified atom stereocenters. The molecular formula is C20H17ClN2O2. The van der Waals surface area contributed by atoms with E-state index in [0.29, 0.717) is 29.6 Å². The number of pyridine rings is 1. The van der Waals surface area contributed by atoms with Gasteiger partial charge in [0.25, 0.3) is 5.91 Å². The standard InChI is InChI=1S/C20H17ClN2O2/c21-17-7-3-2-6-16(17)20(24)23-12-11-15(13-23)25-19-10-9-14-5-1-4-8-18(14)22-19/h1-10,15H,11-13H2/t15-/m0/s1. The molecule has 2 heterocycles. The Hall–Kier alpha value is -2.59. The van der Waals surface area contributed by atoms with Gasteiger partial charge in [-0.1, -0.05) is 41.9 Å². The molecule has 2 aromatic carbocycles. The second-order valence-corrected chi connectivity index (χ2v) is 6.51. The molecule has 1 atom stereocenters. The molecular weight excluding hydrogens is 336 g/mol. The Bertz CT molecular complexity index is 928. The normalized spacial score (nSPS) is 17.0. The summed E-state index contributed by atoms with van der Waals surface area (Å²) in [7, 11) is 0. The molecule has 1 amide bonds. The van der Waals surface area contributed by atoms with Crippen LogP contribution < -0.4 is 4.74 Å². The Labute approximate surface area is 151 Å². The maximum Gasteiger partial charge on any atom is 0.255 e. The van der Waals surface area contributed by atoms with Crippen molar-refractivity contribution in [2.75, 3.05) is 13.1 Å². The zero-order valence-electron chi connectivity index (χ0n) is 13.6. The minimum absolute atomic E-state index is 0.0526. The zero-order chi connectivity index (χ0) is 17.2. The van der Waals surface area contributed by atoms with Crippen LogP contribution in [0.1, 0.15) is 16.8 Å². The number of para-hydroxylation sites is 1. The summed E-state index contributed by atoms with van der Waals surface area (Å²) in [6, 6.07) is 18.9. The van der Waals surface area contributed by atoms with Crippen molar-refractivity contribution in [1.29, 1.82) is 0 Å². The summed E-state index contributed by atoms with van der Waals surface area (Å²) in [4.78, 5) is 18.9. The van der Waals surface area contributed by atoms with Crippen LogP contribution in [-0.2, 0) is 0 Å². The SMILES string of the molecule is O=C(c1ccccc1Cl)N1CC[C@H](Oc2ccc3ccccc3n2)C1. The van der Waals surface area contributed by atoms with Crippen LogP contribution in [0.5, 0.6) is 5.88 Å². The maximum absolute atomic E-state index is 12.6. The molecule has 1 aromatic heterocycles. The Morgan fingerprint density at radius 3 is 2.76 bits per heavy atom. The predicted molar refractivity (Wildman–Crippen MR) is 98.1 cm³/mol. The molecule has 0 saturated carbocycles. The lowest BCUT2D eigenvalue weighted by Gasteiger charge is -2.17. The van der Waals surface area contributed by atoms with E-state index in [0.717, 1.165) is 17.3 Å². The lowest BCUT2D eigenvalue weighted by Crippen LogP contribution is -2.31. The van der Waals surface area contributed by atoms with Gasteiger partial charge >= 0.3 is 0 Å². The summed E-state index contributed by atoms with van der Waals surface area (Å²) in [5, 5.41) is 1.56. The molecule has 126 valence electrons. The number of likely N-dealkylation sites (tertiary alicyclic amines) is 1. The van der Waals surface area contributed by atoms with Gasteiger partial charge in [-0.3, -0.25) is 4.79 Å². The predicted octanol–water partition coefficient (Wildman–Crippen LogP) is 4.18. The van der Waals surface area contributed by atoms with Gasteiger partial charge in [0.15, 0.2) is 0 Å². The molecule has 4 rings (SSSR count). The summed E-state index contributed by atoms with van der Waals surface area (Å²) in [5.41, 5.74) is 1.44. The number of rotatable bonds is 3. The molecule has 0 bridgehead atoms. The Morgan fingerprint density at radius 1 is 1.08 bits per heavy atom. The molecule has 1 saturated heterocycles. The van der Waals surface area contributed by atoms with Crippen LogP contribution in [0.4, 0.5) is 0 Å². The highest BCUT2D eigenvalue weighted by Gasteiger charge is 2.29. The molecule has 0 N–H and O–H groups in total. The van der Waals surface area contributed by atoms with Gasteiger partial charge < -0.3 is 9.64 Å². The molecule has 1 fully saturated rings. The van der Waals surface area contributed by atoms with Gasteiger partial charge in [-0.2, -0.15) is 0 Å². The van der Waals surface area contributed by atoms with Crippen LogP contribution in [0, 0.1) is 0 Å². The first-order valence-electron chi connectivity index (χ1n) is 8.27. The Kier molecular flexibility index (Phi) is 4.28. The number of hydrogen-bond donors (Lipinski definition) is 0. The smallest absolute Gasteiger partial charge is 0.255 e. The van der Waals surface area contributed by atoms with Crippen LogP contribution in [0.2, 0.25) is 5.02 Å². The second-order valence-electron chi connectivity index (χ2n) is 6.10. The molecule has 0 aliphatic carbocycles. The number of amides is 1. The molecule has 4 nitrogen and oxygen atoms in total. The molecule has 0 radical (unpaired) electrons. The highest BCUT2D eigenvalue weighted by Crippen LogP contribution is 2.23. The van der Waals surface area contributed by atoms with Crippen LogP contribution in [-0.4, -0.2) is 35.0 Å². The fraction of sp³-hybridized carbons (Fsp3) is 0.200. The van der Waals surface area contributed by atoms with E-state index in [1.165, 1.54) is 0 Å². The van der Waals surface area contributed by atoms with Gasteiger partial charge in [-0.05, 0) is 24.3 Å². The second kappa shape index (κ2) is 6.73. The van der Waals surface area contributed by atoms with E-state index < -0.39 is 0 Å². The fourth-order valence-electron chi connectivity index (χ4n) is 3.10. The van der Waals surface area contributed by atoms with Crippen molar-refractivity contribution in [1.82, 2.24) is 9.88 Å². The number of benzene rings is 2. The van der Waals surface area contributed by atoms with E-state index in [2.05, 4.69) is 4.98 Å². The lowest BCUT2D eigenvalue weighted by molar-refractivity contribution is 0.0771. The van der Waals surface area contributed by atoms with Crippen molar-refractivity contribution < 1.29 is 9.53 Å². The van der Waals surface area contributed by atoms with Crippen molar-refractivity contribution in [2.24, 2.45) is 0 Å². The third-order valence-corrected chi connectivity index (χ3v) is 4.73. The third kappa shape index (κ3) is 3.30. The van der Waals surface area contributed by atoms with E-state index in [9.17, 15) is 4.79 Å². The average Bonchev–Trinajstić information content (AvgIpc) is 3.10. The summed E-state index contributed by atoms with van der Waals surface area (Å²) < 4.78 is 5.99. The van der Waals surface area contributed by atoms with Gasteiger partial charge in [0.1, 0.15) is 6.10 Å². The zero-order valence-corrected chi connectivity index (χ0v) is 14.3. The van der Waals surface area contributed by atoms with E-state index in [1.807, 2.05) is 48.5 Å². The topological polar surface area (TPSA) is 42.4 Å². The summed E-state index contributed by atoms with van der Waals surface area (Å²) in [6.07, 6.45) is 0.727. The maximum atomic E-state index is 12.6. The quantitative estimate of drug-likeness (QED) is 0.710. The van der Waals surface area contributed by atoms with Gasteiger partial charge in [0.05, 0.1) is 22.6 Å². The van der Waals surface area contributed by atoms with Crippen LogP contribution in [0.15, 0.2) is 60.7 Å². The first kappa shape index (κ1) is 15.9. The van der Waals surface area contributed by atoms with E-state index >= 15 is 0 Å². The van der Waals surface area contributed by atoms with Crippen molar-refractivity contribution >= 4 is 28.4 Å². The number of carbonyl (C=O) groups is 1. The number of aromatic nitrogens is 1. The molecule has 5 heteroatoms. The van der Waals surface area contributed by atoms with Gasteiger partial charge in [-0.25, -0.2) is 4.98 Å².